The Balaban J connectivity index is 3.30. The fraction of sp³-hybridized carbons (Fsp3) is 0.571. The van der Waals surface area contributed by atoms with Crippen molar-refractivity contribution in [2.24, 2.45) is 0 Å². The minimum Gasteiger partial charge on any atom is -0.499 e. The zero-order valence-electron chi connectivity index (χ0n) is 7.41. The molecule has 0 rings (SSSR count). The standard InChI is InChI=1S/C7H14O4Si/c1-4-5-7(8)11-12-10-6(2)9-3/h4,6H,1,5,12H2,2-3H3. The van der Waals surface area contributed by atoms with E-state index in [-0.39, 0.29) is 18.7 Å². The lowest BCUT2D eigenvalue weighted by atomic mass is 10.4. The molecule has 4 nitrogen and oxygen atoms in total. The van der Waals surface area contributed by atoms with Crippen LogP contribution in [0.1, 0.15) is 13.3 Å². The van der Waals surface area contributed by atoms with Crippen LogP contribution in [0.5, 0.6) is 0 Å². The maximum absolute atomic E-state index is 10.7. The predicted octanol–water partition coefficient (Wildman–Crippen LogP) is 0.113. The van der Waals surface area contributed by atoms with Crippen molar-refractivity contribution in [1.29, 1.82) is 0 Å². The first kappa shape index (κ1) is 11.3. The van der Waals surface area contributed by atoms with Gasteiger partial charge >= 0.3 is 10.0 Å². The molecule has 0 fully saturated rings. The van der Waals surface area contributed by atoms with E-state index < -0.39 is 10.0 Å². The van der Waals surface area contributed by atoms with Crippen LogP contribution < -0.4 is 0 Å². The summed E-state index contributed by atoms with van der Waals surface area (Å²) in [7, 11) is 0.295. The molecule has 5 heteroatoms. The lowest BCUT2D eigenvalue weighted by Crippen LogP contribution is -2.18. The quantitative estimate of drug-likeness (QED) is 0.339. The van der Waals surface area contributed by atoms with E-state index in [0.29, 0.717) is 0 Å². The van der Waals surface area contributed by atoms with Crippen LogP contribution in [0.3, 0.4) is 0 Å². The maximum Gasteiger partial charge on any atom is 0.370 e. The van der Waals surface area contributed by atoms with Crippen molar-refractivity contribution in [3.63, 3.8) is 0 Å². The van der Waals surface area contributed by atoms with Gasteiger partial charge in [-0.05, 0) is 6.92 Å². The highest BCUT2D eigenvalue weighted by molar-refractivity contribution is 6.22. The van der Waals surface area contributed by atoms with Gasteiger partial charge in [0.2, 0.25) is 0 Å². The zero-order valence-corrected chi connectivity index (χ0v) is 8.82. The number of carbonyl (C=O) groups is 1. The van der Waals surface area contributed by atoms with Gasteiger partial charge in [-0.25, -0.2) is 0 Å². The summed E-state index contributed by atoms with van der Waals surface area (Å²) in [5.74, 6) is -0.292. The summed E-state index contributed by atoms with van der Waals surface area (Å²) in [6.07, 6.45) is 1.43. The van der Waals surface area contributed by atoms with Crippen molar-refractivity contribution >= 4 is 16.0 Å². The second-order valence-electron chi connectivity index (χ2n) is 2.10. The molecule has 0 amide bonds. The SMILES string of the molecule is C=CCC(=O)O[SiH2]OC(C)OC. The monoisotopic (exact) mass is 190 g/mol. The molecular weight excluding hydrogens is 176 g/mol. The molecule has 0 spiro atoms. The van der Waals surface area contributed by atoms with E-state index in [9.17, 15) is 4.79 Å². The Labute approximate surface area is 74.6 Å². The first-order valence-corrected chi connectivity index (χ1v) is 4.77. The number of methoxy groups -OCH3 is 1. The summed E-state index contributed by atoms with van der Waals surface area (Å²) in [5, 5.41) is 0. The molecule has 0 aromatic heterocycles. The van der Waals surface area contributed by atoms with Crippen molar-refractivity contribution in [2.45, 2.75) is 19.6 Å². The van der Waals surface area contributed by atoms with Crippen LogP contribution in [0.4, 0.5) is 0 Å². The Morgan fingerprint density at radius 3 is 2.92 bits per heavy atom. The highest BCUT2D eigenvalue weighted by atomic mass is 28.3. The third kappa shape index (κ3) is 6.08. The van der Waals surface area contributed by atoms with Crippen molar-refractivity contribution in [3.8, 4) is 0 Å². The number of carbonyl (C=O) groups excluding carboxylic acids is 1. The first-order chi connectivity index (χ1) is 5.70. The fourth-order valence-corrected chi connectivity index (χ4v) is 1.09. The summed E-state index contributed by atoms with van der Waals surface area (Å²) >= 11 is 0. The number of hydrogen-bond acceptors (Lipinski definition) is 4. The topological polar surface area (TPSA) is 44.8 Å². The average molecular weight is 190 g/mol. The van der Waals surface area contributed by atoms with E-state index in [0.717, 1.165) is 0 Å². The molecule has 0 N–H and O–H groups in total. The van der Waals surface area contributed by atoms with Gasteiger partial charge in [0, 0.05) is 7.11 Å². The van der Waals surface area contributed by atoms with Gasteiger partial charge in [-0.1, -0.05) is 6.08 Å². The molecular formula is C7H14O4Si. The van der Waals surface area contributed by atoms with E-state index in [1.54, 1.807) is 6.92 Å². The normalized spacial score (nSPS) is 13.2. The summed E-state index contributed by atoms with van der Waals surface area (Å²) in [4.78, 5) is 10.7. The van der Waals surface area contributed by atoms with Crippen LogP contribution >= 0.6 is 0 Å². The van der Waals surface area contributed by atoms with E-state index in [1.165, 1.54) is 13.2 Å². The maximum atomic E-state index is 10.7. The van der Waals surface area contributed by atoms with Gasteiger partial charge in [-0.3, -0.25) is 4.79 Å². The van der Waals surface area contributed by atoms with Gasteiger partial charge in [-0.2, -0.15) is 0 Å². The molecule has 70 valence electrons. The zero-order chi connectivity index (χ0) is 9.40. The van der Waals surface area contributed by atoms with Gasteiger partial charge in [0.25, 0.3) is 5.97 Å². The average Bonchev–Trinajstić information content (AvgIpc) is 2.04. The van der Waals surface area contributed by atoms with E-state index in [4.69, 9.17) is 13.6 Å². The van der Waals surface area contributed by atoms with Crippen LogP contribution in [-0.2, 0) is 18.4 Å². The summed E-state index contributed by atoms with van der Waals surface area (Å²) in [6, 6.07) is 0. The molecule has 0 heterocycles. The van der Waals surface area contributed by atoms with E-state index in [2.05, 4.69) is 6.58 Å². The lowest BCUT2D eigenvalue weighted by molar-refractivity contribution is -0.135. The highest BCUT2D eigenvalue weighted by Gasteiger charge is 2.02. The molecule has 0 aromatic rings. The molecule has 1 unspecified atom stereocenters. The number of rotatable bonds is 6. The van der Waals surface area contributed by atoms with Gasteiger partial charge in [-0.15, -0.1) is 6.58 Å². The highest BCUT2D eigenvalue weighted by Crippen LogP contribution is 1.91. The van der Waals surface area contributed by atoms with Gasteiger partial charge < -0.3 is 13.6 Å². The molecule has 12 heavy (non-hydrogen) atoms. The Bertz CT molecular complexity index is 148. The molecule has 0 aromatic carbocycles. The number of hydrogen-bond donors (Lipinski definition) is 0. The molecule has 0 aliphatic carbocycles. The fourth-order valence-electron chi connectivity index (χ4n) is 0.440. The molecule has 0 saturated heterocycles. The van der Waals surface area contributed by atoms with E-state index >= 15 is 0 Å². The third-order valence-corrected chi connectivity index (χ3v) is 2.21. The summed E-state index contributed by atoms with van der Waals surface area (Å²) < 4.78 is 14.6. The molecule has 0 radical (unpaired) electrons. The predicted molar refractivity (Wildman–Crippen MR) is 47.0 cm³/mol. The molecule has 0 aliphatic rings. The minimum absolute atomic E-state index is 0.234. The molecule has 0 aliphatic heterocycles. The number of ether oxygens (including phenoxy) is 1. The minimum atomic E-state index is -1.24. The van der Waals surface area contributed by atoms with Crippen LogP contribution in [0, 0.1) is 0 Å². The molecule has 1 atom stereocenters. The van der Waals surface area contributed by atoms with Crippen LogP contribution in [0.2, 0.25) is 0 Å². The van der Waals surface area contributed by atoms with E-state index in [1.807, 2.05) is 0 Å². The van der Waals surface area contributed by atoms with Gasteiger partial charge in [0.15, 0.2) is 0 Å². The van der Waals surface area contributed by atoms with Crippen LogP contribution in [-0.4, -0.2) is 29.4 Å². The van der Waals surface area contributed by atoms with Gasteiger partial charge in [0.05, 0.1) is 6.42 Å². The van der Waals surface area contributed by atoms with Crippen molar-refractivity contribution in [1.82, 2.24) is 0 Å². The largest absolute Gasteiger partial charge is 0.499 e. The Morgan fingerprint density at radius 2 is 2.42 bits per heavy atom. The smallest absolute Gasteiger partial charge is 0.370 e. The van der Waals surface area contributed by atoms with Crippen LogP contribution in [0.15, 0.2) is 12.7 Å². The second-order valence-corrected chi connectivity index (χ2v) is 2.95. The Morgan fingerprint density at radius 1 is 1.75 bits per heavy atom. The van der Waals surface area contributed by atoms with Crippen molar-refractivity contribution < 1.29 is 18.4 Å². The third-order valence-electron chi connectivity index (χ3n) is 1.17. The Hall–Kier alpha value is -0.653. The lowest BCUT2D eigenvalue weighted by Gasteiger charge is -2.10. The van der Waals surface area contributed by atoms with Crippen molar-refractivity contribution in [2.75, 3.05) is 7.11 Å². The molecule has 0 bridgehead atoms. The molecule has 0 saturated carbocycles. The Kier molecular flexibility index (Phi) is 6.64. The van der Waals surface area contributed by atoms with Crippen LogP contribution in [0.25, 0.3) is 0 Å². The van der Waals surface area contributed by atoms with Gasteiger partial charge in [0.1, 0.15) is 6.29 Å². The second kappa shape index (κ2) is 7.02. The summed E-state index contributed by atoms with van der Waals surface area (Å²) in [6.45, 7) is 5.15. The summed E-state index contributed by atoms with van der Waals surface area (Å²) in [5.41, 5.74) is 0. The van der Waals surface area contributed by atoms with Crippen molar-refractivity contribution in [3.05, 3.63) is 12.7 Å². The first-order valence-electron chi connectivity index (χ1n) is 3.61.